The molecule has 0 spiro atoms. The molecule has 90 valence electrons. The van der Waals surface area contributed by atoms with Gasteiger partial charge in [0.25, 0.3) is 0 Å². The first-order chi connectivity index (χ1) is 8.38. The van der Waals surface area contributed by atoms with Crippen molar-refractivity contribution in [3.63, 3.8) is 0 Å². The molecular formula is C14H17NOS. The third-order valence-electron chi connectivity index (χ3n) is 3.49. The van der Waals surface area contributed by atoms with Crippen LogP contribution < -0.4 is 10.1 Å². The molecule has 3 heteroatoms. The molecule has 3 rings (SSSR count). The Morgan fingerprint density at radius 2 is 2.12 bits per heavy atom. The molecule has 1 fully saturated rings. The molecule has 0 amide bonds. The molecule has 1 aliphatic rings. The fourth-order valence-corrected chi connectivity index (χ4v) is 3.85. The molecule has 17 heavy (non-hydrogen) atoms. The summed E-state index contributed by atoms with van der Waals surface area (Å²) in [5.41, 5.74) is 0. The van der Waals surface area contributed by atoms with Crippen molar-refractivity contribution in [2.24, 2.45) is 0 Å². The number of rotatable bonds is 2. The van der Waals surface area contributed by atoms with E-state index < -0.39 is 0 Å². The van der Waals surface area contributed by atoms with Crippen LogP contribution in [0.4, 0.5) is 0 Å². The average molecular weight is 247 g/mol. The zero-order valence-electron chi connectivity index (χ0n) is 10.0. The summed E-state index contributed by atoms with van der Waals surface area (Å²) in [6.07, 6.45) is 2.52. The van der Waals surface area contributed by atoms with E-state index in [2.05, 4.69) is 23.5 Å². The first-order valence-corrected chi connectivity index (χ1v) is 6.97. The van der Waals surface area contributed by atoms with Crippen molar-refractivity contribution in [2.75, 3.05) is 20.2 Å². The first kappa shape index (κ1) is 11.1. The lowest BCUT2D eigenvalue weighted by Crippen LogP contribution is -2.26. The fourth-order valence-electron chi connectivity index (χ4n) is 2.52. The van der Waals surface area contributed by atoms with Crippen molar-refractivity contribution in [1.82, 2.24) is 5.32 Å². The van der Waals surface area contributed by atoms with Gasteiger partial charge in [0.2, 0.25) is 0 Å². The lowest BCUT2D eigenvalue weighted by Gasteiger charge is -2.21. The third-order valence-corrected chi connectivity index (χ3v) is 4.82. The molecule has 1 aromatic heterocycles. The number of thiophene rings is 1. The van der Waals surface area contributed by atoms with E-state index in [1.165, 1.54) is 27.8 Å². The van der Waals surface area contributed by atoms with Crippen molar-refractivity contribution in [3.8, 4) is 5.75 Å². The zero-order valence-corrected chi connectivity index (χ0v) is 10.8. The van der Waals surface area contributed by atoms with Gasteiger partial charge in [-0.05, 0) is 49.4 Å². The van der Waals surface area contributed by atoms with E-state index in [0.29, 0.717) is 0 Å². The molecule has 0 bridgehead atoms. The second-order valence-corrected chi connectivity index (χ2v) is 5.64. The highest BCUT2D eigenvalue weighted by Gasteiger charge is 2.18. The van der Waals surface area contributed by atoms with Gasteiger partial charge in [0.05, 0.1) is 11.8 Å². The second kappa shape index (κ2) is 4.67. The lowest BCUT2D eigenvalue weighted by atomic mass is 9.96. The predicted octanol–water partition coefficient (Wildman–Crippen LogP) is 3.38. The highest BCUT2D eigenvalue weighted by atomic mass is 32.1. The number of hydrogen-bond acceptors (Lipinski definition) is 3. The Labute approximate surface area is 106 Å². The molecule has 2 heterocycles. The summed E-state index contributed by atoms with van der Waals surface area (Å²) in [6, 6.07) is 8.64. The molecule has 2 aromatic rings. The molecule has 0 saturated carbocycles. The van der Waals surface area contributed by atoms with Crippen LogP contribution >= 0.6 is 11.3 Å². The van der Waals surface area contributed by atoms with Gasteiger partial charge in [-0.3, -0.25) is 0 Å². The second-order valence-electron chi connectivity index (χ2n) is 4.55. The van der Waals surface area contributed by atoms with Gasteiger partial charge in [-0.25, -0.2) is 0 Å². The monoisotopic (exact) mass is 247 g/mol. The maximum atomic E-state index is 5.43. The van der Waals surface area contributed by atoms with Crippen molar-refractivity contribution in [2.45, 2.75) is 18.8 Å². The Hall–Kier alpha value is -1.06. The summed E-state index contributed by atoms with van der Waals surface area (Å²) >= 11 is 1.90. The molecule has 1 aliphatic heterocycles. The van der Waals surface area contributed by atoms with Crippen LogP contribution in [0.25, 0.3) is 10.1 Å². The van der Waals surface area contributed by atoms with Crippen LogP contribution in [-0.2, 0) is 0 Å². The Morgan fingerprint density at radius 1 is 1.29 bits per heavy atom. The number of piperidine rings is 1. The van der Waals surface area contributed by atoms with Crippen LogP contribution in [-0.4, -0.2) is 20.2 Å². The molecule has 1 aromatic carbocycles. The van der Waals surface area contributed by atoms with Gasteiger partial charge < -0.3 is 10.1 Å². The highest BCUT2D eigenvalue weighted by molar-refractivity contribution is 7.19. The van der Waals surface area contributed by atoms with Gasteiger partial charge in [-0.1, -0.05) is 12.1 Å². The fraction of sp³-hybridized carbons (Fsp3) is 0.429. The van der Waals surface area contributed by atoms with Crippen LogP contribution in [0.1, 0.15) is 23.6 Å². The number of fused-ring (bicyclic) bond motifs is 1. The first-order valence-electron chi connectivity index (χ1n) is 6.15. The molecule has 1 N–H and O–H groups in total. The number of methoxy groups -OCH3 is 1. The minimum absolute atomic E-state index is 0.735. The number of hydrogen-bond donors (Lipinski definition) is 1. The van der Waals surface area contributed by atoms with Crippen molar-refractivity contribution in [3.05, 3.63) is 29.1 Å². The van der Waals surface area contributed by atoms with Crippen molar-refractivity contribution < 1.29 is 4.74 Å². The average Bonchev–Trinajstić information content (AvgIpc) is 2.83. The Kier molecular flexibility index (Phi) is 3.04. The van der Waals surface area contributed by atoms with E-state index in [-0.39, 0.29) is 0 Å². The minimum atomic E-state index is 0.735. The summed E-state index contributed by atoms with van der Waals surface area (Å²) in [6.45, 7) is 2.30. The SMILES string of the molecule is COc1cccc2cc(C3CCNCC3)sc12. The summed E-state index contributed by atoms with van der Waals surface area (Å²) in [5.74, 6) is 1.74. The number of benzene rings is 1. The molecule has 0 aliphatic carbocycles. The smallest absolute Gasteiger partial charge is 0.136 e. The molecular weight excluding hydrogens is 230 g/mol. The van der Waals surface area contributed by atoms with Gasteiger partial charge in [-0.2, -0.15) is 0 Å². The van der Waals surface area contributed by atoms with E-state index in [9.17, 15) is 0 Å². The molecule has 0 atom stereocenters. The summed E-state index contributed by atoms with van der Waals surface area (Å²) in [7, 11) is 1.75. The molecule has 0 radical (unpaired) electrons. The van der Waals surface area contributed by atoms with Gasteiger partial charge >= 0.3 is 0 Å². The Morgan fingerprint density at radius 3 is 2.88 bits per heavy atom. The van der Waals surface area contributed by atoms with Gasteiger partial charge in [0.1, 0.15) is 5.75 Å². The van der Waals surface area contributed by atoms with E-state index >= 15 is 0 Å². The maximum Gasteiger partial charge on any atom is 0.136 e. The van der Waals surface area contributed by atoms with Crippen molar-refractivity contribution >= 4 is 21.4 Å². The predicted molar refractivity (Wildman–Crippen MR) is 73.2 cm³/mol. The maximum absolute atomic E-state index is 5.43. The molecule has 2 nitrogen and oxygen atoms in total. The zero-order chi connectivity index (χ0) is 11.7. The quantitative estimate of drug-likeness (QED) is 0.878. The van der Waals surface area contributed by atoms with Gasteiger partial charge in [-0.15, -0.1) is 11.3 Å². The summed E-state index contributed by atoms with van der Waals surface area (Å²) < 4.78 is 6.72. The van der Waals surface area contributed by atoms with E-state index in [4.69, 9.17) is 4.74 Å². The van der Waals surface area contributed by atoms with Gasteiger partial charge in [0.15, 0.2) is 0 Å². The topological polar surface area (TPSA) is 21.3 Å². The van der Waals surface area contributed by atoms with E-state index in [1.54, 1.807) is 7.11 Å². The van der Waals surface area contributed by atoms with Gasteiger partial charge in [0, 0.05) is 4.88 Å². The Bertz CT molecular complexity index is 514. The summed E-state index contributed by atoms with van der Waals surface area (Å²) in [4.78, 5) is 1.52. The number of ether oxygens (including phenoxy) is 1. The molecule has 1 saturated heterocycles. The van der Waals surface area contributed by atoms with Crippen LogP contribution in [0, 0.1) is 0 Å². The largest absolute Gasteiger partial charge is 0.495 e. The minimum Gasteiger partial charge on any atom is -0.495 e. The highest BCUT2D eigenvalue weighted by Crippen LogP contribution is 2.39. The van der Waals surface area contributed by atoms with Crippen LogP contribution in [0.3, 0.4) is 0 Å². The van der Waals surface area contributed by atoms with E-state index in [0.717, 1.165) is 24.8 Å². The third kappa shape index (κ3) is 2.05. The lowest BCUT2D eigenvalue weighted by molar-refractivity contribution is 0.420. The standard InChI is InChI=1S/C14H17NOS/c1-16-12-4-2-3-11-9-13(17-14(11)12)10-5-7-15-8-6-10/h2-4,9-10,15H,5-8H2,1H3. The van der Waals surface area contributed by atoms with Crippen LogP contribution in [0.15, 0.2) is 24.3 Å². The van der Waals surface area contributed by atoms with E-state index in [1.807, 2.05) is 17.4 Å². The number of nitrogens with one attached hydrogen (secondary N) is 1. The van der Waals surface area contributed by atoms with Crippen LogP contribution in [0.5, 0.6) is 5.75 Å². The summed E-state index contributed by atoms with van der Waals surface area (Å²) in [5, 5.41) is 4.74. The van der Waals surface area contributed by atoms with Crippen LogP contribution in [0.2, 0.25) is 0 Å². The normalized spacial score (nSPS) is 17.5. The Balaban J connectivity index is 2.00. The van der Waals surface area contributed by atoms with Crippen molar-refractivity contribution in [1.29, 1.82) is 0 Å². The molecule has 0 unspecified atom stereocenters.